The van der Waals surface area contributed by atoms with E-state index in [0.29, 0.717) is 0 Å². The SMILES string of the molecule is CC1CCC(NCC(C)C(C)C)C1. The molecule has 0 amide bonds. The van der Waals surface area contributed by atoms with Crippen molar-refractivity contribution in [3.63, 3.8) is 0 Å². The second-order valence-corrected chi connectivity index (χ2v) is 5.24. The van der Waals surface area contributed by atoms with E-state index in [-0.39, 0.29) is 0 Å². The van der Waals surface area contributed by atoms with E-state index in [0.717, 1.165) is 23.8 Å². The van der Waals surface area contributed by atoms with Gasteiger partial charge in [-0.15, -0.1) is 0 Å². The van der Waals surface area contributed by atoms with Gasteiger partial charge in [0.2, 0.25) is 0 Å². The predicted octanol–water partition coefficient (Wildman–Crippen LogP) is 3.06. The monoisotopic (exact) mass is 183 g/mol. The highest BCUT2D eigenvalue weighted by Gasteiger charge is 2.21. The summed E-state index contributed by atoms with van der Waals surface area (Å²) in [6.45, 7) is 10.5. The lowest BCUT2D eigenvalue weighted by Gasteiger charge is -2.19. The van der Waals surface area contributed by atoms with Gasteiger partial charge < -0.3 is 5.32 Å². The van der Waals surface area contributed by atoms with Gasteiger partial charge in [-0.05, 0) is 43.6 Å². The van der Waals surface area contributed by atoms with Crippen LogP contribution in [0.15, 0.2) is 0 Å². The van der Waals surface area contributed by atoms with Crippen LogP contribution in [0.25, 0.3) is 0 Å². The van der Waals surface area contributed by atoms with E-state index in [2.05, 4.69) is 33.0 Å². The molecule has 1 rings (SSSR count). The summed E-state index contributed by atoms with van der Waals surface area (Å²) in [5.74, 6) is 2.58. The molecule has 0 aromatic rings. The molecule has 0 saturated heterocycles. The minimum absolute atomic E-state index is 0.811. The van der Waals surface area contributed by atoms with Crippen LogP contribution in [-0.4, -0.2) is 12.6 Å². The van der Waals surface area contributed by atoms with Crippen LogP contribution in [0.1, 0.15) is 47.0 Å². The van der Waals surface area contributed by atoms with Gasteiger partial charge in [0.25, 0.3) is 0 Å². The molecule has 78 valence electrons. The van der Waals surface area contributed by atoms with Crippen LogP contribution in [0.2, 0.25) is 0 Å². The minimum Gasteiger partial charge on any atom is -0.314 e. The van der Waals surface area contributed by atoms with E-state index < -0.39 is 0 Å². The first kappa shape index (κ1) is 11.0. The molecule has 0 bridgehead atoms. The van der Waals surface area contributed by atoms with E-state index in [1.54, 1.807) is 0 Å². The van der Waals surface area contributed by atoms with Crippen molar-refractivity contribution in [2.75, 3.05) is 6.54 Å². The van der Waals surface area contributed by atoms with Crippen molar-refractivity contribution in [3.8, 4) is 0 Å². The molecule has 1 saturated carbocycles. The van der Waals surface area contributed by atoms with Gasteiger partial charge in [-0.1, -0.05) is 27.7 Å². The first-order chi connectivity index (χ1) is 6.09. The Balaban J connectivity index is 2.12. The van der Waals surface area contributed by atoms with Crippen molar-refractivity contribution in [2.45, 2.75) is 53.0 Å². The van der Waals surface area contributed by atoms with Crippen LogP contribution in [0.5, 0.6) is 0 Å². The Morgan fingerprint density at radius 3 is 2.38 bits per heavy atom. The standard InChI is InChI=1S/C12H25N/c1-9(2)11(4)8-13-12-6-5-10(3)7-12/h9-13H,5-8H2,1-4H3. The van der Waals surface area contributed by atoms with Crippen molar-refractivity contribution >= 4 is 0 Å². The van der Waals surface area contributed by atoms with Crippen molar-refractivity contribution in [1.29, 1.82) is 0 Å². The highest BCUT2D eigenvalue weighted by atomic mass is 14.9. The Bertz CT molecular complexity index is 142. The molecule has 3 atom stereocenters. The maximum Gasteiger partial charge on any atom is 0.00698 e. The minimum atomic E-state index is 0.811. The van der Waals surface area contributed by atoms with Gasteiger partial charge >= 0.3 is 0 Å². The molecule has 1 fully saturated rings. The molecule has 0 aliphatic heterocycles. The highest BCUT2D eigenvalue weighted by Crippen LogP contribution is 2.24. The molecule has 13 heavy (non-hydrogen) atoms. The summed E-state index contributed by atoms with van der Waals surface area (Å²) in [5.41, 5.74) is 0. The van der Waals surface area contributed by atoms with Crippen LogP contribution >= 0.6 is 0 Å². The zero-order valence-electron chi connectivity index (χ0n) is 9.64. The van der Waals surface area contributed by atoms with Crippen molar-refractivity contribution in [3.05, 3.63) is 0 Å². The third kappa shape index (κ3) is 3.68. The van der Waals surface area contributed by atoms with Gasteiger partial charge in [0.15, 0.2) is 0 Å². The van der Waals surface area contributed by atoms with E-state index in [4.69, 9.17) is 0 Å². The van der Waals surface area contributed by atoms with Gasteiger partial charge in [0.05, 0.1) is 0 Å². The molecule has 1 aliphatic rings. The highest BCUT2D eigenvalue weighted by molar-refractivity contribution is 4.78. The van der Waals surface area contributed by atoms with Crippen molar-refractivity contribution < 1.29 is 0 Å². The molecule has 0 aromatic heterocycles. The fraction of sp³-hybridized carbons (Fsp3) is 1.00. The number of nitrogens with one attached hydrogen (secondary N) is 1. The molecule has 0 heterocycles. The van der Waals surface area contributed by atoms with E-state index in [9.17, 15) is 0 Å². The van der Waals surface area contributed by atoms with Crippen LogP contribution in [0.3, 0.4) is 0 Å². The lowest BCUT2D eigenvalue weighted by Crippen LogP contribution is -2.32. The molecular weight excluding hydrogens is 158 g/mol. The molecular formula is C12H25N. The van der Waals surface area contributed by atoms with Crippen LogP contribution in [0.4, 0.5) is 0 Å². The summed E-state index contributed by atoms with van der Waals surface area (Å²) in [6, 6.07) is 0.816. The maximum atomic E-state index is 3.69. The molecule has 0 radical (unpaired) electrons. The summed E-state index contributed by atoms with van der Waals surface area (Å²) >= 11 is 0. The molecule has 1 nitrogen and oxygen atoms in total. The lowest BCUT2D eigenvalue weighted by molar-refractivity contribution is 0.365. The Morgan fingerprint density at radius 2 is 1.92 bits per heavy atom. The third-order valence-electron chi connectivity index (χ3n) is 3.56. The topological polar surface area (TPSA) is 12.0 Å². The molecule has 1 heteroatoms. The zero-order valence-corrected chi connectivity index (χ0v) is 9.64. The van der Waals surface area contributed by atoms with Gasteiger partial charge in [0.1, 0.15) is 0 Å². The first-order valence-electron chi connectivity index (χ1n) is 5.83. The molecule has 1 N–H and O–H groups in total. The normalized spacial score (nSPS) is 31.2. The molecule has 3 unspecified atom stereocenters. The summed E-state index contributed by atoms with van der Waals surface area (Å²) in [4.78, 5) is 0. The number of hydrogen-bond acceptors (Lipinski definition) is 1. The third-order valence-corrected chi connectivity index (χ3v) is 3.56. The Kier molecular flexibility index (Phi) is 4.24. The average Bonchev–Trinajstić information content (AvgIpc) is 2.47. The summed E-state index contributed by atoms with van der Waals surface area (Å²) in [6.07, 6.45) is 4.21. The van der Waals surface area contributed by atoms with Crippen LogP contribution in [0, 0.1) is 17.8 Å². The molecule has 0 spiro atoms. The first-order valence-corrected chi connectivity index (χ1v) is 5.83. The maximum absolute atomic E-state index is 3.69. The quantitative estimate of drug-likeness (QED) is 0.706. The Labute approximate surface area is 83.3 Å². The molecule has 1 aliphatic carbocycles. The molecule has 0 aromatic carbocycles. The smallest absolute Gasteiger partial charge is 0.00698 e. The summed E-state index contributed by atoms with van der Waals surface area (Å²) in [7, 11) is 0. The summed E-state index contributed by atoms with van der Waals surface area (Å²) < 4.78 is 0. The van der Waals surface area contributed by atoms with Gasteiger partial charge in [-0.3, -0.25) is 0 Å². The van der Waals surface area contributed by atoms with E-state index >= 15 is 0 Å². The summed E-state index contributed by atoms with van der Waals surface area (Å²) in [5, 5.41) is 3.69. The Hall–Kier alpha value is -0.0400. The van der Waals surface area contributed by atoms with Crippen LogP contribution in [-0.2, 0) is 0 Å². The van der Waals surface area contributed by atoms with Crippen molar-refractivity contribution in [1.82, 2.24) is 5.32 Å². The van der Waals surface area contributed by atoms with E-state index in [1.165, 1.54) is 25.8 Å². The van der Waals surface area contributed by atoms with Gasteiger partial charge in [-0.25, -0.2) is 0 Å². The fourth-order valence-electron chi connectivity index (χ4n) is 1.98. The number of hydrogen-bond donors (Lipinski definition) is 1. The average molecular weight is 183 g/mol. The second kappa shape index (κ2) is 4.99. The zero-order chi connectivity index (χ0) is 9.84. The van der Waals surface area contributed by atoms with Crippen LogP contribution < -0.4 is 5.32 Å². The fourth-order valence-corrected chi connectivity index (χ4v) is 1.98. The van der Waals surface area contributed by atoms with Gasteiger partial charge in [-0.2, -0.15) is 0 Å². The second-order valence-electron chi connectivity index (χ2n) is 5.24. The van der Waals surface area contributed by atoms with Crippen molar-refractivity contribution in [2.24, 2.45) is 17.8 Å². The lowest BCUT2D eigenvalue weighted by atomic mass is 9.98. The van der Waals surface area contributed by atoms with Gasteiger partial charge in [0, 0.05) is 6.04 Å². The number of rotatable bonds is 4. The predicted molar refractivity (Wildman–Crippen MR) is 58.8 cm³/mol. The Morgan fingerprint density at radius 1 is 1.23 bits per heavy atom. The largest absolute Gasteiger partial charge is 0.314 e. The van der Waals surface area contributed by atoms with E-state index in [1.807, 2.05) is 0 Å².